The van der Waals surface area contributed by atoms with Crippen molar-refractivity contribution >= 4 is 11.9 Å². The highest BCUT2D eigenvalue weighted by Crippen LogP contribution is 2.29. The second-order valence-corrected chi connectivity index (χ2v) is 12.9. The van der Waals surface area contributed by atoms with Crippen molar-refractivity contribution in [2.45, 2.75) is 81.1 Å². The predicted molar refractivity (Wildman–Crippen MR) is 188 cm³/mol. The number of nitrogens with zero attached hydrogens (tertiary/aromatic N) is 3. The molecule has 10 unspecified atom stereocenters. The van der Waals surface area contributed by atoms with Crippen LogP contribution >= 0.6 is 0 Å². The molecule has 20 nitrogen and oxygen atoms in total. The molecule has 0 aliphatic carbocycles. The summed E-state index contributed by atoms with van der Waals surface area (Å²) < 4.78 is 50.6. The number of carbonyl (C=O) groups is 2. The quantitative estimate of drug-likeness (QED) is 0.0623. The number of carboxylic acid groups (broad SMARTS) is 1. The van der Waals surface area contributed by atoms with Crippen LogP contribution in [0.5, 0.6) is 0 Å². The number of aromatic nitrogens is 3. The van der Waals surface area contributed by atoms with E-state index >= 15 is 0 Å². The van der Waals surface area contributed by atoms with E-state index in [0.717, 1.165) is 16.8 Å². The number of aliphatic hydroxyl groups is 4. The summed E-state index contributed by atoms with van der Waals surface area (Å²) in [6.07, 6.45) is -12.8. The van der Waals surface area contributed by atoms with Gasteiger partial charge >= 0.3 is 5.97 Å². The van der Waals surface area contributed by atoms with E-state index in [1.807, 2.05) is 31.3 Å². The molecule has 20 heteroatoms. The van der Waals surface area contributed by atoms with Crippen LogP contribution in [0.2, 0.25) is 0 Å². The molecule has 0 bridgehead atoms. The number of ether oxygens (including phenoxy) is 9. The fraction of sp³-hybridized carbons (Fsp3) is 0.714. The van der Waals surface area contributed by atoms with Crippen molar-refractivity contribution in [2.24, 2.45) is 0 Å². The maximum Gasteiger partial charge on any atom is 0.335 e. The Bertz CT molecular complexity index is 1440. The number of hydrogen-bond acceptors (Lipinski definition) is 17. The third-order valence-electron chi connectivity index (χ3n) is 8.92. The van der Waals surface area contributed by atoms with Crippen molar-refractivity contribution < 1.29 is 77.8 Å². The molecular formula is C35H54N4O16. The van der Waals surface area contributed by atoms with Gasteiger partial charge in [0.1, 0.15) is 48.4 Å². The number of amides is 1. The molecule has 2 aromatic rings. The molecule has 10 atom stereocenters. The molecule has 2 aliphatic heterocycles. The molecule has 4 rings (SSSR count). The summed E-state index contributed by atoms with van der Waals surface area (Å²) in [5.74, 6) is -1.93. The van der Waals surface area contributed by atoms with Crippen LogP contribution in [0.1, 0.15) is 12.0 Å². The summed E-state index contributed by atoms with van der Waals surface area (Å²) in [5, 5.41) is 62.6. The fourth-order valence-corrected chi connectivity index (χ4v) is 6.01. The second kappa shape index (κ2) is 23.1. The zero-order valence-corrected chi connectivity index (χ0v) is 31.2. The van der Waals surface area contributed by atoms with E-state index in [1.54, 1.807) is 4.68 Å². The highest BCUT2D eigenvalue weighted by molar-refractivity contribution is 5.76. The topological polar surface area (TPSA) is 261 Å². The van der Waals surface area contributed by atoms with Gasteiger partial charge in [0.2, 0.25) is 5.91 Å². The standard InChI is InChI=1S/C35H54N4O16/c1-21-5-4-6-22(17-21)23-19-39(38-37-23)8-10-50-12-14-52-16-15-51-13-11-49-9-7-36-26(40)18-24-31(47-2)28(42)27(41)25(54-24)20-53-32-29(43)30(44)35(48-3)55-33(32)34(45)46/h4-6,17,19,24-25,27-33,35,41-44H,7-16,18,20H2,1-3H3,(H,36,40)(H,45,46). The van der Waals surface area contributed by atoms with Gasteiger partial charge in [-0.1, -0.05) is 29.0 Å². The molecule has 2 saturated heterocycles. The number of methoxy groups -OCH3 is 2. The van der Waals surface area contributed by atoms with Crippen LogP contribution < -0.4 is 5.32 Å². The highest BCUT2D eigenvalue weighted by Gasteiger charge is 2.50. The Morgan fingerprint density at radius 3 is 2.11 bits per heavy atom. The number of aliphatic hydroxyl groups excluding tert-OH is 4. The minimum Gasteiger partial charge on any atom is -0.479 e. The van der Waals surface area contributed by atoms with Gasteiger partial charge in [-0.25, -0.2) is 9.48 Å². The van der Waals surface area contributed by atoms with Gasteiger partial charge in [0.05, 0.1) is 84.7 Å². The van der Waals surface area contributed by atoms with Crippen LogP contribution in [0.3, 0.4) is 0 Å². The molecule has 2 aliphatic rings. The smallest absolute Gasteiger partial charge is 0.335 e. The lowest BCUT2D eigenvalue weighted by molar-refractivity contribution is -0.302. The first-order valence-corrected chi connectivity index (χ1v) is 18.0. The number of aliphatic carboxylic acids is 1. The Kier molecular flexibility index (Phi) is 18.7. The lowest BCUT2D eigenvalue weighted by Gasteiger charge is -2.44. The van der Waals surface area contributed by atoms with Gasteiger partial charge in [-0.2, -0.15) is 0 Å². The van der Waals surface area contributed by atoms with Gasteiger partial charge < -0.3 is 73.5 Å². The SMILES string of the molecule is COC1OC(C(=O)O)C(OCC2OC(CC(=O)NCCOCCOCCOCCOCCn3cc(-c4cccc(C)c4)nn3)C(OC)C(O)C2O)C(O)C1O. The van der Waals surface area contributed by atoms with Crippen molar-refractivity contribution in [2.75, 3.05) is 80.2 Å². The highest BCUT2D eigenvalue weighted by atomic mass is 16.7. The Labute approximate surface area is 318 Å². The lowest BCUT2D eigenvalue weighted by Crippen LogP contribution is -2.63. The van der Waals surface area contributed by atoms with E-state index in [2.05, 4.69) is 21.7 Å². The number of aryl methyl sites for hydroxylation is 1. The zero-order chi connectivity index (χ0) is 39.7. The average Bonchev–Trinajstić information content (AvgIpc) is 3.64. The predicted octanol–water partition coefficient (Wildman–Crippen LogP) is -2.11. The lowest BCUT2D eigenvalue weighted by atomic mass is 9.93. The molecule has 0 spiro atoms. The molecular weight excluding hydrogens is 732 g/mol. The van der Waals surface area contributed by atoms with Crippen LogP contribution in [0.25, 0.3) is 11.3 Å². The van der Waals surface area contributed by atoms with Crippen LogP contribution in [-0.4, -0.2) is 194 Å². The minimum atomic E-state index is -1.72. The summed E-state index contributed by atoms with van der Waals surface area (Å²) in [6.45, 7) is 5.19. The van der Waals surface area contributed by atoms with Crippen molar-refractivity contribution in [3.8, 4) is 11.3 Å². The second-order valence-electron chi connectivity index (χ2n) is 12.9. The summed E-state index contributed by atoms with van der Waals surface area (Å²) in [7, 11) is 2.46. The molecule has 2 fully saturated rings. The van der Waals surface area contributed by atoms with E-state index in [1.165, 1.54) is 14.2 Å². The van der Waals surface area contributed by atoms with Gasteiger partial charge in [-0.3, -0.25) is 4.79 Å². The minimum absolute atomic E-state index is 0.176. The Morgan fingerprint density at radius 1 is 0.818 bits per heavy atom. The number of hydrogen-bond donors (Lipinski definition) is 6. The van der Waals surface area contributed by atoms with Crippen molar-refractivity contribution in [1.82, 2.24) is 20.3 Å². The van der Waals surface area contributed by atoms with Crippen molar-refractivity contribution in [3.63, 3.8) is 0 Å². The zero-order valence-electron chi connectivity index (χ0n) is 31.2. The number of benzene rings is 1. The fourth-order valence-electron chi connectivity index (χ4n) is 6.01. The van der Waals surface area contributed by atoms with Crippen molar-refractivity contribution in [1.29, 1.82) is 0 Å². The molecule has 310 valence electrons. The van der Waals surface area contributed by atoms with Gasteiger partial charge in [0, 0.05) is 26.3 Å². The molecule has 1 aromatic carbocycles. The number of nitrogens with one attached hydrogen (secondary N) is 1. The monoisotopic (exact) mass is 786 g/mol. The summed E-state index contributed by atoms with van der Waals surface area (Å²) in [5.41, 5.74) is 3.00. The molecule has 0 saturated carbocycles. The molecule has 0 radical (unpaired) electrons. The molecule has 3 heterocycles. The van der Waals surface area contributed by atoms with E-state index < -0.39 is 79.7 Å². The maximum absolute atomic E-state index is 12.7. The van der Waals surface area contributed by atoms with Crippen LogP contribution in [0.4, 0.5) is 0 Å². The Hall–Kier alpha value is -3.22. The molecule has 1 aromatic heterocycles. The first kappa shape index (κ1) is 44.5. The summed E-state index contributed by atoms with van der Waals surface area (Å²) in [4.78, 5) is 24.4. The third kappa shape index (κ3) is 13.5. The normalized spacial score (nSPS) is 28.3. The van der Waals surface area contributed by atoms with Gasteiger partial charge in [-0.15, -0.1) is 5.10 Å². The number of carbonyl (C=O) groups excluding carboxylic acids is 1. The first-order chi connectivity index (χ1) is 26.5. The third-order valence-corrected chi connectivity index (χ3v) is 8.92. The van der Waals surface area contributed by atoms with Crippen LogP contribution in [0.15, 0.2) is 30.5 Å². The van der Waals surface area contributed by atoms with Crippen molar-refractivity contribution in [3.05, 3.63) is 36.0 Å². The number of rotatable bonds is 24. The van der Waals surface area contributed by atoms with Gasteiger partial charge in [0.15, 0.2) is 12.4 Å². The van der Waals surface area contributed by atoms with Crippen LogP contribution in [0, 0.1) is 6.92 Å². The summed E-state index contributed by atoms with van der Waals surface area (Å²) in [6, 6.07) is 8.09. The van der Waals surface area contributed by atoms with Gasteiger partial charge in [-0.05, 0) is 13.0 Å². The first-order valence-electron chi connectivity index (χ1n) is 18.0. The Morgan fingerprint density at radius 2 is 1.47 bits per heavy atom. The Balaban J connectivity index is 1.02. The molecule has 55 heavy (non-hydrogen) atoms. The van der Waals surface area contributed by atoms with E-state index in [4.69, 9.17) is 42.6 Å². The maximum atomic E-state index is 12.7. The summed E-state index contributed by atoms with van der Waals surface area (Å²) >= 11 is 0. The number of carboxylic acids is 1. The molecule has 1 amide bonds. The largest absolute Gasteiger partial charge is 0.479 e. The van der Waals surface area contributed by atoms with Gasteiger partial charge in [0.25, 0.3) is 0 Å². The molecule has 6 N–H and O–H groups in total. The van der Waals surface area contributed by atoms with E-state index in [0.29, 0.717) is 52.8 Å². The van der Waals surface area contributed by atoms with E-state index in [9.17, 15) is 35.1 Å². The van der Waals surface area contributed by atoms with E-state index in [-0.39, 0.29) is 19.6 Å². The van der Waals surface area contributed by atoms with Crippen LogP contribution in [-0.2, 0) is 58.8 Å². The average molecular weight is 787 g/mol.